The lowest BCUT2D eigenvalue weighted by molar-refractivity contribution is 0.402. The summed E-state index contributed by atoms with van der Waals surface area (Å²) < 4.78 is 5.59. The quantitative estimate of drug-likeness (QED) is 0.851. The van der Waals surface area contributed by atoms with Gasteiger partial charge in [0.1, 0.15) is 5.75 Å². The van der Waals surface area contributed by atoms with Crippen molar-refractivity contribution in [2.45, 2.75) is 29.7 Å². The van der Waals surface area contributed by atoms with Crippen LogP contribution in [0.4, 0.5) is 5.69 Å². The van der Waals surface area contributed by atoms with Crippen LogP contribution in [0.1, 0.15) is 24.3 Å². The van der Waals surface area contributed by atoms with Crippen LogP contribution in [0.15, 0.2) is 17.0 Å². The molecule has 1 saturated heterocycles. The summed E-state index contributed by atoms with van der Waals surface area (Å²) in [6.45, 7) is 3.50. The Morgan fingerprint density at radius 2 is 2.37 bits per heavy atom. The standard InChI is InChI=1S/C15H20N2OS/c1-18-13-4-3-10-11-9-16-6-5-12(11)17-7-2-8-19-15(13)14(10)17/h3-4,11-12,16H,2,5-9H2,1H3/t11-,12-/m0/s1. The van der Waals surface area contributed by atoms with Gasteiger partial charge in [-0.25, -0.2) is 0 Å². The van der Waals surface area contributed by atoms with E-state index >= 15 is 0 Å². The van der Waals surface area contributed by atoms with Crippen LogP contribution < -0.4 is 15.0 Å². The fourth-order valence-electron chi connectivity index (χ4n) is 3.85. The Labute approximate surface area is 118 Å². The molecule has 0 radical (unpaired) electrons. The Hall–Kier alpha value is -0.870. The molecule has 1 N–H and O–H groups in total. The second-order valence-corrected chi connectivity index (χ2v) is 6.70. The zero-order valence-corrected chi connectivity index (χ0v) is 12.1. The van der Waals surface area contributed by atoms with Crippen LogP contribution in [0.2, 0.25) is 0 Å². The fourth-order valence-corrected chi connectivity index (χ4v) is 4.99. The average Bonchev–Trinajstić information content (AvgIpc) is 2.62. The molecule has 0 saturated carbocycles. The fraction of sp³-hybridized carbons (Fsp3) is 0.600. The van der Waals surface area contributed by atoms with Crippen molar-refractivity contribution < 1.29 is 4.74 Å². The molecule has 0 aromatic heterocycles. The van der Waals surface area contributed by atoms with E-state index in [2.05, 4.69) is 22.3 Å². The third kappa shape index (κ3) is 1.69. The number of nitrogens with one attached hydrogen (secondary N) is 1. The summed E-state index contributed by atoms with van der Waals surface area (Å²) in [5.41, 5.74) is 3.03. The van der Waals surface area contributed by atoms with Crippen LogP contribution >= 0.6 is 11.8 Å². The smallest absolute Gasteiger partial charge is 0.134 e. The molecule has 3 heterocycles. The van der Waals surface area contributed by atoms with Gasteiger partial charge in [-0.1, -0.05) is 6.07 Å². The minimum atomic E-state index is 0.673. The summed E-state index contributed by atoms with van der Waals surface area (Å²) in [5, 5.41) is 3.56. The molecule has 0 bridgehead atoms. The number of fused-ring (bicyclic) bond motifs is 3. The zero-order chi connectivity index (χ0) is 12.8. The lowest BCUT2D eigenvalue weighted by atomic mass is 9.90. The maximum absolute atomic E-state index is 5.59. The van der Waals surface area contributed by atoms with Gasteiger partial charge in [0.05, 0.1) is 17.7 Å². The first-order valence-electron chi connectivity index (χ1n) is 7.21. The normalized spacial score (nSPS) is 28.6. The highest BCUT2D eigenvalue weighted by Gasteiger charge is 2.42. The van der Waals surface area contributed by atoms with Gasteiger partial charge < -0.3 is 15.0 Å². The molecule has 4 rings (SSSR count). The highest BCUT2D eigenvalue weighted by atomic mass is 32.2. The first-order chi connectivity index (χ1) is 9.40. The Bertz CT molecular complexity index is 505. The maximum atomic E-state index is 5.59. The van der Waals surface area contributed by atoms with E-state index < -0.39 is 0 Å². The molecule has 3 aliphatic rings. The minimum Gasteiger partial charge on any atom is -0.496 e. The maximum Gasteiger partial charge on any atom is 0.134 e. The van der Waals surface area contributed by atoms with Crippen LogP contribution in [-0.2, 0) is 0 Å². The highest BCUT2D eigenvalue weighted by Crippen LogP contribution is 2.52. The average molecular weight is 276 g/mol. The highest BCUT2D eigenvalue weighted by molar-refractivity contribution is 7.99. The third-order valence-electron chi connectivity index (χ3n) is 4.67. The number of benzene rings is 1. The molecule has 19 heavy (non-hydrogen) atoms. The zero-order valence-electron chi connectivity index (χ0n) is 11.3. The largest absolute Gasteiger partial charge is 0.496 e. The van der Waals surface area contributed by atoms with Crippen LogP contribution in [0, 0.1) is 0 Å². The number of hydrogen-bond donors (Lipinski definition) is 1. The van der Waals surface area contributed by atoms with Gasteiger partial charge in [-0.3, -0.25) is 0 Å². The van der Waals surface area contributed by atoms with Crippen LogP contribution in [0.25, 0.3) is 0 Å². The Balaban J connectivity index is 1.89. The minimum absolute atomic E-state index is 0.673. The van der Waals surface area contributed by atoms with E-state index in [0.29, 0.717) is 12.0 Å². The molecule has 0 amide bonds. The van der Waals surface area contributed by atoms with E-state index in [9.17, 15) is 0 Å². The molecule has 102 valence electrons. The van der Waals surface area contributed by atoms with Crippen LogP contribution in [-0.4, -0.2) is 38.5 Å². The molecule has 3 nitrogen and oxygen atoms in total. The van der Waals surface area contributed by atoms with Crippen LogP contribution in [0.5, 0.6) is 5.75 Å². The monoisotopic (exact) mass is 276 g/mol. The van der Waals surface area contributed by atoms with E-state index in [0.717, 1.165) is 18.8 Å². The van der Waals surface area contributed by atoms with Gasteiger partial charge in [0.2, 0.25) is 0 Å². The van der Waals surface area contributed by atoms with Crippen molar-refractivity contribution in [1.82, 2.24) is 5.32 Å². The number of rotatable bonds is 1. The van der Waals surface area contributed by atoms with E-state index in [4.69, 9.17) is 4.74 Å². The molecule has 3 aliphatic heterocycles. The van der Waals surface area contributed by atoms with Gasteiger partial charge in [0, 0.05) is 25.0 Å². The predicted octanol–water partition coefficient (Wildman–Crippen LogP) is 2.46. The van der Waals surface area contributed by atoms with Crippen LogP contribution in [0.3, 0.4) is 0 Å². The summed E-state index contributed by atoms with van der Waals surface area (Å²) in [6.07, 6.45) is 2.55. The molecule has 2 atom stereocenters. The number of methoxy groups -OCH3 is 1. The van der Waals surface area contributed by atoms with Crippen molar-refractivity contribution in [1.29, 1.82) is 0 Å². The predicted molar refractivity (Wildman–Crippen MR) is 79.7 cm³/mol. The van der Waals surface area contributed by atoms with Crippen molar-refractivity contribution in [3.8, 4) is 5.75 Å². The summed E-state index contributed by atoms with van der Waals surface area (Å²) in [5.74, 6) is 2.94. The lowest BCUT2D eigenvalue weighted by Crippen LogP contribution is -2.44. The Morgan fingerprint density at radius 1 is 1.42 bits per heavy atom. The number of nitrogens with zero attached hydrogens (tertiary/aromatic N) is 1. The van der Waals surface area contributed by atoms with Gasteiger partial charge in [-0.05, 0) is 36.8 Å². The van der Waals surface area contributed by atoms with Gasteiger partial charge in [-0.2, -0.15) is 0 Å². The SMILES string of the molecule is COc1ccc2c3c1SCCCN3[C@H]1CCNC[C@@H]21. The first kappa shape index (κ1) is 11.9. The molecule has 0 aliphatic carbocycles. The Morgan fingerprint density at radius 3 is 3.26 bits per heavy atom. The molecule has 1 aromatic rings. The molecule has 1 aromatic carbocycles. The van der Waals surface area contributed by atoms with E-state index in [1.165, 1.54) is 35.7 Å². The molecule has 4 heteroatoms. The van der Waals surface area contributed by atoms with E-state index in [-0.39, 0.29) is 0 Å². The van der Waals surface area contributed by atoms with Crippen molar-refractivity contribution in [3.63, 3.8) is 0 Å². The van der Waals surface area contributed by atoms with Gasteiger partial charge in [0.15, 0.2) is 0 Å². The third-order valence-corrected chi connectivity index (χ3v) is 5.84. The molecule has 0 spiro atoms. The van der Waals surface area contributed by atoms with E-state index in [1.807, 2.05) is 11.8 Å². The number of thioether (sulfide) groups is 1. The van der Waals surface area contributed by atoms with Crippen molar-refractivity contribution in [2.24, 2.45) is 0 Å². The van der Waals surface area contributed by atoms with Crippen molar-refractivity contribution in [3.05, 3.63) is 17.7 Å². The second kappa shape index (κ2) is 4.60. The number of piperidine rings is 1. The van der Waals surface area contributed by atoms with Crippen molar-refractivity contribution in [2.75, 3.05) is 37.4 Å². The molecular weight excluding hydrogens is 256 g/mol. The van der Waals surface area contributed by atoms with Gasteiger partial charge in [-0.15, -0.1) is 11.8 Å². The summed E-state index contributed by atoms with van der Waals surface area (Å²) in [7, 11) is 1.79. The topological polar surface area (TPSA) is 24.5 Å². The van der Waals surface area contributed by atoms with Gasteiger partial charge >= 0.3 is 0 Å². The number of ether oxygens (including phenoxy) is 1. The summed E-state index contributed by atoms with van der Waals surface area (Å²) >= 11 is 1.98. The summed E-state index contributed by atoms with van der Waals surface area (Å²) in [4.78, 5) is 4.06. The number of anilines is 1. The van der Waals surface area contributed by atoms with Gasteiger partial charge in [0.25, 0.3) is 0 Å². The lowest BCUT2D eigenvalue weighted by Gasteiger charge is -2.33. The van der Waals surface area contributed by atoms with E-state index in [1.54, 1.807) is 12.7 Å². The summed E-state index contributed by atoms with van der Waals surface area (Å²) in [6, 6.07) is 5.18. The second-order valence-electron chi connectivity index (χ2n) is 5.60. The Kier molecular flexibility index (Phi) is 2.88. The molecule has 1 fully saturated rings. The van der Waals surface area contributed by atoms with Crippen molar-refractivity contribution >= 4 is 17.4 Å². The number of hydrogen-bond acceptors (Lipinski definition) is 4. The first-order valence-corrected chi connectivity index (χ1v) is 8.20. The molecular formula is C15H20N2OS. The molecule has 0 unspecified atom stereocenters.